The van der Waals surface area contributed by atoms with Crippen LogP contribution in [0.2, 0.25) is 0 Å². The highest BCUT2D eigenvalue weighted by molar-refractivity contribution is 6.17. The lowest BCUT2D eigenvalue weighted by molar-refractivity contribution is 0.0697. The van der Waals surface area contributed by atoms with E-state index >= 15 is 0 Å². The van der Waals surface area contributed by atoms with Crippen molar-refractivity contribution in [3.8, 4) is 17.6 Å². The van der Waals surface area contributed by atoms with Gasteiger partial charge in [-0.05, 0) is 51.8 Å². The second-order valence-corrected chi connectivity index (χ2v) is 9.38. The first-order valence-corrected chi connectivity index (χ1v) is 10.3. The van der Waals surface area contributed by atoms with Crippen LogP contribution in [-0.2, 0) is 19.3 Å². The van der Waals surface area contributed by atoms with Gasteiger partial charge >= 0.3 is 5.97 Å². The molecule has 6 nitrogen and oxygen atoms in total. The van der Waals surface area contributed by atoms with E-state index in [9.17, 15) is 15.2 Å². The topological polar surface area (TPSA) is 91.9 Å². The van der Waals surface area contributed by atoms with Crippen LogP contribution in [-0.4, -0.2) is 35.0 Å². The maximum absolute atomic E-state index is 11.6. The highest BCUT2D eigenvalue weighted by Gasteiger charge is 2.41. The number of benzene rings is 2. The smallest absolute Gasteiger partial charge is 0.335 e. The van der Waals surface area contributed by atoms with Gasteiger partial charge in [-0.1, -0.05) is 12.1 Å². The standard InChI is InChI=1S/C25H26N2O4/c1-24(2)12-17-16(9-10-26)21(30-5)22-18(13-25(3,4)31-22)19(17)20(27-24)14-7-6-8-15(11-14)23(28)29/h6-8,11H,9,12-13H2,1-5H3,(H,28,29). The van der Waals surface area contributed by atoms with Crippen LogP contribution in [0.3, 0.4) is 0 Å². The number of methoxy groups -OCH3 is 1. The molecule has 31 heavy (non-hydrogen) atoms. The van der Waals surface area contributed by atoms with Crippen molar-refractivity contribution in [1.29, 1.82) is 5.26 Å². The van der Waals surface area contributed by atoms with Crippen molar-refractivity contribution < 1.29 is 19.4 Å². The third-order valence-electron chi connectivity index (χ3n) is 5.81. The third-order valence-corrected chi connectivity index (χ3v) is 5.81. The summed E-state index contributed by atoms with van der Waals surface area (Å²) in [6.45, 7) is 8.15. The molecule has 0 radical (unpaired) electrons. The number of aliphatic imine (C=N–C) groups is 1. The van der Waals surface area contributed by atoms with Gasteiger partial charge in [-0.2, -0.15) is 5.26 Å². The molecule has 2 aliphatic rings. The molecule has 4 rings (SSSR count). The van der Waals surface area contributed by atoms with E-state index in [0.29, 0.717) is 24.3 Å². The van der Waals surface area contributed by atoms with Gasteiger partial charge in [0.25, 0.3) is 0 Å². The zero-order chi connectivity index (χ0) is 22.6. The van der Waals surface area contributed by atoms with Crippen LogP contribution in [0.15, 0.2) is 29.3 Å². The van der Waals surface area contributed by atoms with Crippen molar-refractivity contribution in [1.82, 2.24) is 0 Å². The van der Waals surface area contributed by atoms with Crippen LogP contribution in [0, 0.1) is 11.3 Å². The number of aromatic carboxylic acids is 1. The first-order chi connectivity index (χ1) is 14.6. The SMILES string of the molecule is COc1c(CC#N)c2c(c3c1OC(C)(C)C3)C(c1cccc(C(=O)O)c1)=NC(C)(C)C2. The predicted molar refractivity (Wildman–Crippen MR) is 118 cm³/mol. The van der Waals surface area contributed by atoms with Gasteiger partial charge in [-0.3, -0.25) is 4.99 Å². The maximum atomic E-state index is 11.6. The average molecular weight is 418 g/mol. The quantitative estimate of drug-likeness (QED) is 0.797. The van der Waals surface area contributed by atoms with Crippen molar-refractivity contribution >= 4 is 11.7 Å². The highest BCUT2D eigenvalue weighted by atomic mass is 16.5. The molecule has 0 spiro atoms. The summed E-state index contributed by atoms with van der Waals surface area (Å²) in [7, 11) is 1.61. The van der Waals surface area contributed by atoms with Crippen molar-refractivity contribution in [3.05, 3.63) is 57.6 Å². The Balaban J connectivity index is 2.07. The second kappa shape index (κ2) is 7.12. The minimum absolute atomic E-state index is 0.196. The van der Waals surface area contributed by atoms with Crippen molar-refractivity contribution in [2.24, 2.45) is 4.99 Å². The average Bonchev–Trinajstić information content (AvgIpc) is 3.01. The molecule has 0 saturated carbocycles. The molecule has 0 bridgehead atoms. The van der Waals surface area contributed by atoms with E-state index in [1.165, 1.54) is 0 Å². The molecule has 0 unspecified atom stereocenters. The summed E-state index contributed by atoms with van der Waals surface area (Å²) >= 11 is 0. The molecule has 0 atom stereocenters. The Hall–Kier alpha value is -3.33. The number of fused-ring (bicyclic) bond motifs is 3. The summed E-state index contributed by atoms with van der Waals surface area (Å²) < 4.78 is 12.1. The van der Waals surface area contributed by atoms with E-state index in [0.717, 1.165) is 33.5 Å². The van der Waals surface area contributed by atoms with Crippen LogP contribution in [0.4, 0.5) is 0 Å². The van der Waals surface area contributed by atoms with E-state index in [4.69, 9.17) is 14.5 Å². The van der Waals surface area contributed by atoms with E-state index < -0.39 is 17.1 Å². The van der Waals surface area contributed by atoms with Crippen LogP contribution in [0.25, 0.3) is 0 Å². The molecule has 0 fully saturated rings. The Bertz CT molecular complexity index is 1170. The Labute approximate surface area is 182 Å². The number of rotatable bonds is 4. The summed E-state index contributed by atoms with van der Waals surface area (Å²) in [5, 5.41) is 19.1. The Morgan fingerprint density at radius 2 is 2.00 bits per heavy atom. The summed E-state index contributed by atoms with van der Waals surface area (Å²) in [4.78, 5) is 16.6. The number of ether oxygens (including phenoxy) is 2. The van der Waals surface area contributed by atoms with Crippen molar-refractivity contribution in [3.63, 3.8) is 0 Å². The van der Waals surface area contributed by atoms with Gasteiger partial charge in [-0.25, -0.2) is 4.79 Å². The molecular weight excluding hydrogens is 392 g/mol. The van der Waals surface area contributed by atoms with Gasteiger partial charge in [0.1, 0.15) is 5.60 Å². The molecule has 2 heterocycles. The fourth-order valence-electron chi connectivity index (χ4n) is 4.67. The number of carboxylic acid groups (broad SMARTS) is 1. The summed E-state index contributed by atoms with van der Waals surface area (Å²) in [5.41, 5.74) is 4.68. The Kier molecular flexibility index (Phi) is 4.81. The zero-order valence-electron chi connectivity index (χ0n) is 18.5. The number of carboxylic acids is 1. The molecule has 2 aliphatic heterocycles. The van der Waals surface area contributed by atoms with E-state index in [1.54, 1.807) is 25.3 Å². The molecule has 0 amide bonds. The van der Waals surface area contributed by atoms with Gasteiger partial charge in [0, 0.05) is 28.7 Å². The van der Waals surface area contributed by atoms with Crippen molar-refractivity contribution in [2.75, 3.05) is 7.11 Å². The fourth-order valence-corrected chi connectivity index (χ4v) is 4.67. The van der Waals surface area contributed by atoms with Gasteiger partial charge in [0.15, 0.2) is 11.5 Å². The Morgan fingerprint density at radius 3 is 2.65 bits per heavy atom. The normalized spacial score (nSPS) is 17.6. The summed E-state index contributed by atoms with van der Waals surface area (Å²) in [6, 6.07) is 9.14. The van der Waals surface area contributed by atoms with Crippen LogP contribution in [0.5, 0.6) is 11.5 Å². The molecule has 2 aromatic carbocycles. The predicted octanol–water partition coefficient (Wildman–Crippen LogP) is 4.35. The van der Waals surface area contributed by atoms with Crippen LogP contribution in [0.1, 0.15) is 65.9 Å². The number of carbonyl (C=O) groups is 1. The molecule has 0 aromatic heterocycles. The zero-order valence-corrected chi connectivity index (χ0v) is 18.5. The first-order valence-electron chi connectivity index (χ1n) is 10.3. The second-order valence-electron chi connectivity index (χ2n) is 9.38. The molecular formula is C25H26N2O4. The monoisotopic (exact) mass is 418 g/mol. The molecule has 6 heteroatoms. The first kappa shape index (κ1) is 20.9. The van der Waals surface area contributed by atoms with Gasteiger partial charge < -0.3 is 14.6 Å². The lowest BCUT2D eigenvalue weighted by atomic mass is 9.78. The minimum Gasteiger partial charge on any atom is -0.493 e. The largest absolute Gasteiger partial charge is 0.493 e. The lowest BCUT2D eigenvalue weighted by Gasteiger charge is -2.32. The highest BCUT2D eigenvalue weighted by Crippen LogP contribution is 2.50. The van der Waals surface area contributed by atoms with Gasteiger partial charge in [-0.15, -0.1) is 0 Å². The van der Waals surface area contributed by atoms with Crippen LogP contribution >= 0.6 is 0 Å². The number of nitriles is 1. The van der Waals surface area contributed by atoms with Crippen LogP contribution < -0.4 is 9.47 Å². The summed E-state index contributed by atoms with van der Waals surface area (Å²) in [5.74, 6) is 0.308. The number of hydrogen-bond donors (Lipinski definition) is 1. The molecule has 2 aromatic rings. The van der Waals surface area contributed by atoms with E-state index in [1.807, 2.05) is 33.8 Å². The molecule has 0 aliphatic carbocycles. The summed E-state index contributed by atoms with van der Waals surface area (Å²) in [6.07, 6.45) is 1.53. The fraction of sp³-hybridized carbons (Fsp3) is 0.400. The Morgan fingerprint density at radius 1 is 1.26 bits per heavy atom. The minimum atomic E-state index is -0.979. The van der Waals surface area contributed by atoms with E-state index in [2.05, 4.69) is 6.07 Å². The molecule has 0 saturated heterocycles. The van der Waals surface area contributed by atoms with Gasteiger partial charge in [0.05, 0.1) is 36.4 Å². The molecule has 1 N–H and O–H groups in total. The maximum Gasteiger partial charge on any atom is 0.335 e. The number of nitrogens with zero attached hydrogens (tertiary/aromatic N) is 2. The molecule has 160 valence electrons. The number of hydrogen-bond acceptors (Lipinski definition) is 5. The van der Waals surface area contributed by atoms with Crippen molar-refractivity contribution in [2.45, 2.75) is 58.1 Å². The third kappa shape index (κ3) is 3.54. The van der Waals surface area contributed by atoms with Gasteiger partial charge in [0.2, 0.25) is 0 Å². The van der Waals surface area contributed by atoms with E-state index in [-0.39, 0.29) is 12.0 Å². The lowest BCUT2D eigenvalue weighted by Crippen LogP contribution is -2.31.